The molecule has 1 saturated heterocycles. The Labute approximate surface area is 187 Å². The lowest BCUT2D eigenvalue weighted by Gasteiger charge is -2.39. The number of amides is 2. The summed E-state index contributed by atoms with van der Waals surface area (Å²) in [6.07, 6.45) is 0. The van der Waals surface area contributed by atoms with Gasteiger partial charge in [-0.15, -0.1) is 0 Å². The van der Waals surface area contributed by atoms with E-state index in [2.05, 4.69) is 34.5 Å². The quantitative estimate of drug-likeness (QED) is 0.566. The lowest BCUT2D eigenvalue weighted by molar-refractivity contribution is 0.126. The van der Waals surface area contributed by atoms with Gasteiger partial charge in [0.25, 0.3) is 0 Å². The zero-order valence-electron chi connectivity index (χ0n) is 17.4. The number of nitrogens with zero attached hydrogens (tertiary/aromatic N) is 2. The van der Waals surface area contributed by atoms with Crippen LogP contribution in [0.4, 0.5) is 14.9 Å². The molecule has 6 heteroatoms. The molecule has 31 heavy (non-hydrogen) atoms. The fraction of sp³-hybridized carbons (Fsp3) is 0.240. The van der Waals surface area contributed by atoms with Gasteiger partial charge in [-0.05, 0) is 47.9 Å². The van der Waals surface area contributed by atoms with Crippen molar-refractivity contribution >= 4 is 23.3 Å². The summed E-state index contributed by atoms with van der Waals surface area (Å²) in [7, 11) is 0. The van der Waals surface area contributed by atoms with E-state index in [-0.39, 0.29) is 17.8 Å². The summed E-state index contributed by atoms with van der Waals surface area (Å²) in [4.78, 5) is 16.8. The maximum Gasteiger partial charge on any atom is 0.322 e. The number of benzene rings is 3. The van der Waals surface area contributed by atoms with Gasteiger partial charge >= 0.3 is 6.03 Å². The lowest BCUT2D eigenvalue weighted by Crippen LogP contribution is -2.51. The van der Waals surface area contributed by atoms with Crippen LogP contribution in [-0.2, 0) is 0 Å². The Morgan fingerprint density at radius 2 is 1.58 bits per heavy atom. The number of piperazine rings is 1. The number of rotatable bonds is 4. The molecule has 0 spiro atoms. The molecule has 0 bridgehead atoms. The Morgan fingerprint density at radius 1 is 0.935 bits per heavy atom. The molecule has 0 saturated carbocycles. The van der Waals surface area contributed by atoms with E-state index in [0.29, 0.717) is 31.2 Å². The fourth-order valence-corrected chi connectivity index (χ4v) is 4.13. The minimum atomic E-state index is -0.426. The molecule has 3 aromatic rings. The second kappa shape index (κ2) is 9.50. The van der Waals surface area contributed by atoms with Gasteiger partial charge in [-0.1, -0.05) is 60.1 Å². The average molecular weight is 438 g/mol. The second-order valence-electron chi connectivity index (χ2n) is 7.80. The standard InChI is InChI=1S/C25H25ClFN3O/c1-18-7-12-22(27)23(17-18)28-25(31)30-15-13-29(14-16-30)24(19-5-3-2-4-6-19)20-8-10-21(26)11-9-20/h2-12,17,24H,13-16H2,1H3,(H,28,31)/t24-/m0/s1. The molecule has 0 radical (unpaired) electrons. The third-order valence-electron chi connectivity index (χ3n) is 5.63. The van der Waals surface area contributed by atoms with Crippen LogP contribution in [0.3, 0.4) is 0 Å². The van der Waals surface area contributed by atoms with Crippen molar-refractivity contribution in [3.05, 3.63) is 100 Å². The number of urea groups is 1. The van der Waals surface area contributed by atoms with Crippen LogP contribution in [0.25, 0.3) is 0 Å². The van der Waals surface area contributed by atoms with Gasteiger partial charge in [0, 0.05) is 31.2 Å². The molecule has 2 amide bonds. The van der Waals surface area contributed by atoms with Gasteiger partial charge in [-0.25, -0.2) is 9.18 Å². The van der Waals surface area contributed by atoms with E-state index in [1.165, 1.54) is 11.6 Å². The fourth-order valence-electron chi connectivity index (χ4n) is 4.01. The Morgan fingerprint density at radius 3 is 2.26 bits per heavy atom. The summed E-state index contributed by atoms with van der Waals surface area (Å²) >= 11 is 6.10. The van der Waals surface area contributed by atoms with E-state index < -0.39 is 5.82 Å². The highest BCUT2D eigenvalue weighted by atomic mass is 35.5. The topological polar surface area (TPSA) is 35.6 Å². The number of anilines is 1. The molecule has 1 heterocycles. The van der Waals surface area contributed by atoms with Crippen molar-refractivity contribution in [2.45, 2.75) is 13.0 Å². The van der Waals surface area contributed by atoms with Gasteiger partial charge in [-0.3, -0.25) is 4.90 Å². The van der Waals surface area contributed by atoms with E-state index in [0.717, 1.165) is 11.1 Å². The highest BCUT2D eigenvalue weighted by molar-refractivity contribution is 6.30. The number of aryl methyl sites for hydroxylation is 1. The SMILES string of the molecule is Cc1ccc(F)c(NC(=O)N2CCN([C@@H](c3ccccc3)c3ccc(Cl)cc3)CC2)c1. The van der Waals surface area contributed by atoms with Gasteiger partial charge in [0.05, 0.1) is 11.7 Å². The smallest absolute Gasteiger partial charge is 0.322 e. The van der Waals surface area contributed by atoms with Gasteiger partial charge in [0.2, 0.25) is 0 Å². The van der Waals surface area contributed by atoms with Gasteiger partial charge in [0.1, 0.15) is 5.82 Å². The molecule has 0 unspecified atom stereocenters. The van der Waals surface area contributed by atoms with Crippen molar-refractivity contribution in [3.8, 4) is 0 Å². The van der Waals surface area contributed by atoms with Crippen LogP contribution in [0, 0.1) is 12.7 Å². The summed E-state index contributed by atoms with van der Waals surface area (Å²) in [5, 5.41) is 3.42. The van der Waals surface area contributed by atoms with Crippen LogP contribution in [-0.4, -0.2) is 42.0 Å². The first-order valence-electron chi connectivity index (χ1n) is 10.4. The zero-order valence-corrected chi connectivity index (χ0v) is 18.1. The summed E-state index contributed by atoms with van der Waals surface area (Å²) in [6, 6.07) is 22.8. The van der Waals surface area contributed by atoms with Crippen molar-refractivity contribution in [1.29, 1.82) is 0 Å². The molecule has 1 N–H and O–H groups in total. The Kier molecular flexibility index (Phi) is 6.54. The van der Waals surface area contributed by atoms with E-state index in [9.17, 15) is 9.18 Å². The number of halogens is 2. The minimum absolute atomic E-state index is 0.0814. The van der Waals surface area contributed by atoms with Crippen molar-refractivity contribution < 1.29 is 9.18 Å². The van der Waals surface area contributed by atoms with Crippen molar-refractivity contribution in [3.63, 3.8) is 0 Å². The molecular formula is C25H25ClFN3O. The predicted octanol–water partition coefficient (Wildman–Crippen LogP) is 5.73. The summed E-state index contributed by atoms with van der Waals surface area (Å²) in [6.45, 7) is 4.43. The van der Waals surface area contributed by atoms with Crippen LogP contribution in [0.5, 0.6) is 0 Å². The summed E-state index contributed by atoms with van der Waals surface area (Å²) < 4.78 is 14.0. The lowest BCUT2D eigenvalue weighted by atomic mass is 9.96. The number of hydrogen-bond donors (Lipinski definition) is 1. The second-order valence-corrected chi connectivity index (χ2v) is 8.24. The highest BCUT2D eigenvalue weighted by Gasteiger charge is 2.28. The van der Waals surface area contributed by atoms with E-state index in [1.54, 1.807) is 17.0 Å². The third-order valence-corrected chi connectivity index (χ3v) is 5.88. The Bertz CT molecular complexity index is 1030. The molecule has 1 atom stereocenters. The maximum absolute atomic E-state index is 14.0. The normalized spacial score (nSPS) is 15.5. The van der Waals surface area contributed by atoms with E-state index in [4.69, 9.17) is 11.6 Å². The molecule has 0 aromatic heterocycles. The zero-order chi connectivity index (χ0) is 21.8. The summed E-state index contributed by atoms with van der Waals surface area (Å²) in [5.41, 5.74) is 3.48. The van der Waals surface area contributed by atoms with Crippen LogP contribution < -0.4 is 5.32 Å². The van der Waals surface area contributed by atoms with Gasteiger partial charge < -0.3 is 10.2 Å². The number of carbonyl (C=O) groups is 1. The highest BCUT2D eigenvalue weighted by Crippen LogP contribution is 2.30. The molecule has 4 rings (SSSR count). The summed E-state index contributed by atoms with van der Waals surface area (Å²) in [5.74, 6) is -0.426. The monoisotopic (exact) mass is 437 g/mol. The van der Waals surface area contributed by atoms with Crippen LogP contribution in [0.2, 0.25) is 5.02 Å². The minimum Gasteiger partial charge on any atom is -0.322 e. The van der Waals surface area contributed by atoms with E-state index >= 15 is 0 Å². The van der Waals surface area contributed by atoms with Crippen molar-refractivity contribution in [2.75, 3.05) is 31.5 Å². The number of nitrogens with one attached hydrogen (secondary N) is 1. The van der Waals surface area contributed by atoms with Crippen molar-refractivity contribution in [1.82, 2.24) is 9.80 Å². The first-order valence-corrected chi connectivity index (χ1v) is 10.8. The Balaban J connectivity index is 1.47. The first-order chi connectivity index (χ1) is 15.0. The third kappa shape index (κ3) is 5.06. The molecule has 160 valence electrons. The molecular weight excluding hydrogens is 413 g/mol. The molecule has 1 aliphatic rings. The van der Waals surface area contributed by atoms with E-state index in [1.807, 2.05) is 37.3 Å². The number of carbonyl (C=O) groups excluding carboxylic acids is 1. The molecule has 0 aliphatic carbocycles. The largest absolute Gasteiger partial charge is 0.322 e. The van der Waals surface area contributed by atoms with Crippen LogP contribution >= 0.6 is 11.6 Å². The molecule has 1 fully saturated rings. The predicted molar refractivity (Wildman–Crippen MR) is 123 cm³/mol. The van der Waals surface area contributed by atoms with Crippen LogP contribution in [0.1, 0.15) is 22.7 Å². The van der Waals surface area contributed by atoms with Crippen molar-refractivity contribution in [2.24, 2.45) is 0 Å². The average Bonchev–Trinajstić information content (AvgIpc) is 2.79. The van der Waals surface area contributed by atoms with Gasteiger partial charge in [0.15, 0.2) is 0 Å². The van der Waals surface area contributed by atoms with Crippen LogP contribution in [0.15, 0.2) is 72.8 Å². The number of hydrogen-bond acceptors (Lipinski definition) is 2. The first kappa shape index (κ1) is 21.3. The maximum atomic E-state index is 14.0. The molecule has 1 aliphatic heterocycles. The Hall–Kier alpha value is -2.89. The molecule has 3 aromatic carbocycles. The van der Waals surface area contributed by atoms with Gasteiger partial charge in [-0.2, -0.15) is 0 Å². The molecule has 4 nitrogen and oxygen atoms in total.